The molecule has 0 N–H and O–H groups in total. The molecule has 0 radical (unpaired) electrons. The van der Waals surface area contributed by atoms with Gasteiger partial charge in [0.25, 0.3) is 0 Å². The van der Waals surface area contributed by atoms with Crippen LogP contribution in [0.3, 0.4) is 0 Å². The molecule has 0 aromatic carbocycles. The highest BCUT2D eigenvalue weighted by Gasteiger charge is 2.47. The van der Waals surface area contributed by atoms with E-state index in [9.17, 15) is 4.79 Å². The summed E-state index contributed by atoms with van der Waals surface area (Å²) < 4.78 is 10.2. The predicted octanol–water partition coefficient (Wildman–Crippen LogP) is 1.74. The van der Waals surface area contributed by atoms with Gasteiger partial charge in [0.2, 0.25) is 0 Å². The minimum Gasteiger partial charge on any atom is -0.469 e. The molecule has 0 aromatic rings. The topological polar surface area (TPSA) is 35.5 Å². The number of ether oxygens (including phenoxy) is 2. The summed E-state index contributed by atoms with van der Waals surface area (Å²) in [5, 5.41) is 0.846. The predicted molar refractivity (Wildman–Crippen MR) is 52.9 cm³/mol. The summed E-state index contributed by atoms with van der Waals surface area (Å²) in [5.74, 6) is -0.119. The van der Waals surface area contributed by atoms with Crippen LogP contribution in [-0.4, -0.2) is 31.1 Å². The maximum absolute atomic E-state index is 11.2. The summed E-state index contributed by atoms with van der Waals surface area (Å²) in [4.78, 5) is 11.2. The van der Waals surface area contributed by atoms with Gasteiger partial charge in [-0.25, -0.2) is 0 Å². The number of hydrogen-bond donors (Lipinski definition) is 0. The van der Waals surface area contributed by atoms with Crippen molar-refractivity contribution in [2.75, 3.05) is 19.0 Å². The maximum atomic E-state index is 11.2. The molecule has 0 unspecified atom stereocenters. The number of methoxy groups -OCH3 is 1. The van der Waals surface area contributed by atoms with Crippen molar-refractivity contribution in [3.63, 3.8) is 0 Å². The number of hydrogen-bond acceptors (Lipinski definition) is 3. The van der Waals surface area contributed by atoms with Gasteiger partial charge in [-0.1, -0.05) is 15.9 Å². The fourth-order valence-electron chi connectivity index (χ4n) is 1.69. The van der Waals surface area contributed by atoms with Crippen LogP contribution in [0.1, 0.15) is 19.8 Å². The van der Waals surface area contributed by atoms with Gasteiger partial charge >= 0.3 is 5.97 Å². The van der Waals surface area contributed by atoms with E-state index >= 15 is 0 Å². The Balaban J connectivity index is 2.26. The molecule has 0 amide bonds. The largest absolute Gasteiger partial charge is 0.469 e. The van der Waals surface area contributed by atoms with Gasteiger partial charge in [-0.3, -0.25) is 4.79 Å². The van der Waals surface area contributed by atoms with Gasteiger partial charge in [0, 0.05) is 5.33 Å². The Bertz CT molecular complexity index is 187. The molecule has 1 aliphatic rings. The molecule has 13 heavy (non-hydrogen) atoms. The lowest BCUT2D eigenvalue weighted by Gasteiger charge is -2.42. The van der Waals surface area contributed by atoms with E-state index in [1.807, 2.05) is 6.92 Å². The summed E-state index contributed by atoms with van der Waals surface area (Å²) in [6.45, 7) is 2.63. The van der Waals surface area contributed by atoms with Crippen LogP contribution in [0.4, 0.5) is 0 Å². The van der Waals surface area contributed by atoms with Crippen molar-refractivity contribution in [1.29, 1.82) is 0 Å². The van der Waals surface area contributed by atoms with Gasteiger partial charge in [0.15, 0.2) is 0 Å². The lowest BCUT2D eigenvalue weighted by Crippen LogP contribution is -2.46. The molecule has 0 spiro atoms. The molecular formula is C9H15BrO3. The number of alkyl halides is 1. The average molecular weight is 251 g/mol. The summed E-state index contributed by atoms with van der Waals surface area (Å²) in [7, 11) is 1.43. The summed E-state index contributed by atoms with van der Waals surface area (Å²) in [6.07, 6.45) is 1.81. The number of esters is 1. The third kappa shape index (κ3) is 2.44. The molecule has 0 aliphatic heterocycles. The summed E-state index contributed by atoms with van der Waals surface area (Å²) in [5.41, 5.74) is -0.300. The molecule has 3 nitrogen and oxygen atoms in total. The van der Waals surface area contributed by atoms with E-state index in [-0.39, 0.29) is 17.5 Å². The zero-order chi connectivity index (χ0) is 9.90. The fraction of sp³-hybridized carbons (Fsp3) is 0.889. The third-order valence-electron chi connectivity index (χ3n) is 2.47. The lowest BCUT2D eigenvalue weighted by molar-refractivity contribution is -0.167. The second kappa shape index (κ2) is 4.42. The molecular weight excluding hydrogens is 236 g/mol. The zero-order valence-corrected chi connectivity index (χ0v) is 9.59. The number of halogens is 1. The number of rotatable bonds is 4. The number of carbonyl (C=O) groups excluding carboxylic acids is 1. The quantitative estimate of drug-likeness (QED) is 0.564. The molecule has 0 atom stereocenters. The van der Waals surface area contributed by atoms with Crippen LogP contribution < -0.4 is 0 Å². The van der Waals surface area contributed by atoms with Gasteiger partial charge < -0.3 is 9.47 Å². The van der Waals surface area contributed by atoms with E-state index in [1.165, 1.54) is 7.11 Å². The van der Waals surface area contributed by atoms with Crippen LogP contribution in [0, 0.1) is 5.41 Å². The summed E-state index contributed by atoms with van der Waals surface area (Å²) >= 11 is 3.29. The van der Waals surface area contributed by atoms with Crippen LogP contribution in [0.15, 0.2) is 0 Å². The molecule has 0 saturated heterocycles. The van der Waals surface area contributed by atoms with E-state index in [4.69, 9.17) is 9.47 Å². The Morgan fingerprint density at radius 3 is 2.69 bits per heavy atom. The molecule has 1 rings (SSSR count). The van der Waals surface area contributed by atoms with Crippen LogP contribution in [0.5, 0.6) is 0 Å². The minimum atomic E-state index is -0.300. The second-order valence-electron chi connectivity index (χ2n) is 3.64. The minimum absolute atomic E-state index is 0.119. The second-order valence-corrected chi connectivity index (χ2v) is 4.44. The maximum Gasteiger partial charge on any atom is 0.311 e. The van der Waals surface area contributed by atoms with E-state index in [2.05, 4.69) is 15.9 Å². The highest BCUT2D eigenvalue weighted by atomic mass is 79.9. The van der Waals surface area contributed by atoms with Crippen molar-refractivity contribution in [2.45, 2.75) is 25.9 Å². The van der Waals surface area contributed by atoms with E-state index in [0.29, 0.717) is 6.61 Å². The van der Waals surface area contributed by atoms with Gasteiger partial charge in [-0.15, -0.1) is 0 Å². The van der Waals surface area contributed by atoms with Crippen LogP contribution >= 0.6 is 15.9 Å². The SMILES string of the molecule is COC(=O)C1(C)CC(OCCBr)C1. The van der Waals surface area contributed by atoms with Gasteiger partial charge in [0.1, 0.15) is 0 Å². The van der Waals surface area contributed by atoms with Crippen molar-refractivity contribution in [2.24, 2.45) is 5.41 Å². The smallest absolute Gasteiger partial charge is 0.311 e. The first-order chi connectivity index (χ1) is 6.12. The normalized spacial score (nSPS) is 32.4. The molecule has 1 fully saturated rings. The Labute approximate surface area is 86.9 Å². The number of carbonyl (C=O) groups is 1. The third-order valence-corrected chi connectivity index (χ3v) is 2.79. The first kappa shape index (κ1) is 11.0. The van der Waals surface area contributed by atoms with Gasteiger partial charge in [0.05, 0.1) is 25.2 Å². The van der Waals surface area contributed by atoms with Crippen LogP contribution in [0.2, 0.25) is 0 Å². The Hall–Kier alpha value is -0.0900. The highest BCUT2D eigenvalue weighted by molar-refractivity contribution is 9.09. The van der Waals surface area contributed by atoms with E-state index < -0.39 is 0 Å². The first-order valence-corrected chi connectivity index (χ1v) is 5.50. The van der Waals surface area contributed by atoms with E-state index in [0.717, 1.165) is 18.2 Å². The van der Waals surface area contributed by atoms with E-state index in [1.54, 1.807) is 0 Å². The molecule has 4 heteroatoms. The van der Waals surface area contributed by atoms with Crippen LogP contribution in [-0.2, 0) is 14.3 Å². The molecule has 0 bridgehead atoms. The van der Waals surface area contributed by atoms with Crippen molar-refractivity contribution in [3.05, 3.63) is 0 Å². The standard InChI is InChI=1S/C9H15BrO3/c1-9(8(11)12-2)5-7(6-9)13-4-3-10/h7H,3-6H2,1-2H3. The monoisotopic (exact) mass is 250 g/mol. The molecule has 1 saturated carbocycles. The Kier molecular flexibility index (Phi) is 3.74. The van der Waals surface area contributed by atoms with Crippen molar-refractivity contribution in [3.8, 4) is 0 Å². The molecule has 76 valence electrons. The Morgan fingerprint density at radius 2 is 2.23 bits per heavy atom. The lowest BCUT2D eigenvalue weighted by atomic mass is 9.68. The molecule has 1 aliphatic carbocycles. The highest BCUT2D eigenvalue weighted by Crippen LogP contribution is 2.43. The Morgan fingerprint density at radius 1 is 1.62 bits per heavy atom. The summed E-state index contributed by atoms with van der Waals surface area (Å²) in [6, 6.07) is 0. The van der Waals surface area contributed by atoms with Crippen molar-refractivity contribution >= 4 is 21.9 Å². The average Bonchev–Trinajstić information content (AvgIpc) is 2.09. The van der Waals surface area contributed by atoms with Gasteiger partial charge in [-0.05, 0) is 19.8 Å². The molecule has 0 heterocycles. The first-order valence-electron chi connectivity index (χ1n) is 4.38. The van der Waals surface area contributed by atoms with Crippen molar-refractivity contribution < 1.29 is 14.3 Å². The van der Waals surface area contributed by atoms with Crippen LogP contribution in [0.25, 0.3) is 0 Å². The van der Waals surface area contributed by atoms with Gasteiger partial charge in [-0.2, -0.15) is 0 Å². The zero-order valence-electron chi connectivity index (χ0n) is 8.01. The van der Waals surface area contributed by atoms with Crippen molar-refractivity contribution in [1.82, 2.24) is 0 Å². The molecule has 0 aromatic heterocycles. The fourth-order valence-corrected chi connectivity index (χ4v) is 1.87.